The van der Waals surface area contributed by atoms with Crippen LogP contribution in [0.3, 0.4) is 0 Å². The number of fused-ring (bicyclic) bond motifs is 1. The van der Waals surface area contributed by atoms with Crippen LogP contribution in [0.25, 0.3) is 16.6 Å². The summed E-state index contributed by atoms with van der Waals surface area (Å²) < 4.78 is 14.6. The Kier molecular flexibility index (Phi) is 4.63. The van der Waals surface area contributed by atoms with Crippen molar-refractivity contribution in [1.29, 1.82) is 0 Å². The zero-order valence-electron chi connectivity index (χ0n) is 14.4. The molecular weight excluding hydrogens is 381 g/mol. The lowest BCUT2D eigenvalue weighted by Crippen LogP contribution is -2.19. The van der Waals surface area contributed by atoms with E-state index in [2.05, 4.69) is 10.3 Å². The largest absolute Gasteiger partial charge is 0.322 e. The van der Waals surface area contributed by atoms with Gasteiger partial charge in [0.25, 0.3) is 11.5 Å². The molecule has 0 bridgehead atoms. The minimum Gasteiger partial charge on any atom is -0.322 e. The van der Waals surface area contributed by atoms with Gasteiger partial charge in [-0.3, -0.25) is 14.2 Å². The van der Waals surface area contributed by atoms with Crippen LogP contribution >= 0.6 is 11.6 Å². The average molecular weight is 394 g/mol. The minimum atomic E-state index is -0.557. The Labute approximate surface area is 164 Å². The third kappa shape index (κ3) is 3.37. The molecule has 1 N–H and O–H groups in total. The highest BCUT2D eigenvalue weighted by atomic mass is 35.5. The molecule has 0 atom stereocenters. The van der Waals surface area contributed by atoms with Crippen LogP contribution < -0.4 is 10.9 Å². The molecule has 0 spiro atoms. The van der Waals surface area contributed by atoms with Crippen molar-refractivity contribution in [2.75, 3.05) is 5.32 Å². The number of anilines is 1. The molecule has 4 rings (SSSR count). The molecule has 4 aromatic rings. The number of para-hydroxylation sites is 1. The number of benzene rings is 3. The predicted molar refractivity (Wildman–Crippen MR) is 107 cm³/mol. The summed E-state index contributed by atoms with van der Waals surface area (Å²) in [7, 11) is 0. The monoisotopic (exact) mass is 393 g/mol. The molecule has 138 valence electrons. The number of nitrogens with zero attached hydrogens (tertiary/aromatic N) is 2. The number of halogens is 2. The lowest BCUT2D eigenvalue weighted by atomic mass is 10.1. The topological polar surface area (TPSA) is 64.0 Å². The lowest BCUT2D eigenvalue weighted by Gasteiger charge is -2.09. The number of rotatable bonds is 3. The van der Waals surface area contributed by atoms with Crippen LogP contribution in [0.2, 0.25) is 5.02 Å². The number of hydrogen-bond acceptors (Lipinski definition) is 3. The van der Waals surface area contributed by atoms with Gasteiger partial charge in [0.2, 0.25) is 0 Å². The van der Waals surface area contributed by atoms with Crippen LogP contribution in [0.4, 0.5) is 10.1 Å². The van der Waals surface area contributed by atoms with Crippen molar-refractivity contribution in [3.05, 3.63) is 99.8 Å². The van der Waals surface area contributed by atoms with Crippen molar-refractivity contribution in [2.24, 2.45) is 0 Å². The smallest absolute Gasteiger partial charge is 0.265 e. The number of carbonyl (C=O) groups excluding carboxylic acids is 1. The average Bonchev–Trinajstić information content (AvgIpc) is 2.71. The molecule has 7 heteroatoms. The summed E-state index contributed by atoms with van der Waals surface area (Å²) >= 11 is 5.72. The standard InChI is InChI=1S/C21H13ClFN3O2/c22-17-11-14(7-10-18(17)23)25-20(27)13-5-8-15(9-6-13)26-12-24-19-4-2-1-3-16(19)21(26)28/h1-12H,(H,25,27). The third-order valence-corrected chi connectivity index (χ3v) is 4.54. The molecule has 0 unspecified atom stereocenters. The van der Waals surface area contributed by atoms with Crippen LogP contribution in [0.1, 0.15) is 10.4 Å². The van der Waals surface area contributed by atoms with E-state index in [0.717, 1.165) is 0 Å². The summed E-state index contributed by atoms with van der Waals surface area (Å²) in [5.41, 5.74) is 1.78. The van der Waals surface area contributed by atoms with Crippen LogP contribution in [0.15, 0.2) is 77.9 Å². The van der Waals surface area contributed by atoms with Crippen molar-refractivity contribution >= 4 is 34.1 Å². The summed E-state index contributed by atoms with van der Waals surface area (Å²) in [6.07, 6.45) is 1.46. The molecule has 1 heterocycles. The Morgan fingerprint density at radius 2 is 1.79 bits per heavy atom. The SMILES string of the molecule is O=C(Nc1ccc(F)c(Cl)c1)c1ccc(-n2cnc3ccccc3c2=O)cc1. The van der Waals surface area contributed by atoms with E-state index in [4.69, 9.17) is 11.6 Å². The fourth-order valence-electron chi connectivity index (χ4n) is 2.80. The van der Waals surface area contributed by atoms with Gasteiger partial charge in [0, 0.05) is 11.3 Å². The molecule has 0 saturated carbocycles. The molecule has 0 aliphatic carbocycles. The van der Waals surface area contributed by atoms with Crippen LogP contribution in [-0.2, 0) is 0 Å². The number of carbonyl (C=O) groups is 1. The van der Waals surface area contributed by atoms with Gasteiger partial charge in [-0.25, -0.2) is 9.37 Å². The molecule has 0 fully saturated rings. The zero-order chi connectivity index (χ0) is 19.7. The maximum Gasteiger partial charge on any atom is 0.265 e. The molecule has 0 aliphatic heterocycles. The molecule has 5 nitrogen and oxygen atoms in total. The third-order valence-electron chi connectivity index (χ3n) is 4.25. The van der Waals surface area contributed by atoms with Gasteiger partial charge >= 0.3 is 0 Å². The second-order valence-electron chi connectivity index (χ2n) is 6.07. The van der Waals surface area contributed by atoms with Crippen LogP contribution in [0.5, 0.6) is 0 Å². The van der Waals surface area contributed by atoms with E-state index in [1.165, 1.54) is 29.1 Å². The van der Waals surface area contributed by atoms with Gasteiger partial charge < -0.3 is 5.32 Å². The summed E-state index contributed by atoms with van der Waals surface area (Å²) in [6, 6.07) is 17.5. The highest BCUT2D eigenvalue weighted by Crippen LogP contribution is 2.20. The first-order chi connectivity index (χ1) is 13.5. The van der Waals surface area contributed by atoms with Crippen molar-refractivity contribution < 1.29 is 9.18 Å². The van der Waals surface area contributed by atoms with Gasteiger partial charge in [-0.15, -0.1) is 0 Å². The first-order valence-corrected chi connectivity index (χ1v) is 8.74. The number of hydrogen-bond donors (Lipinski definition) is 1. The lowest BCUT2D eigenvalue weighted by molar-refractivity contribution is 0.102. The van der Waals surface area contributed by atoms with E-state index in [9.17, 15) is 14.0 Å². The Bertz CT molecular complexity index is 1250. The van der Waals surface area contributed by atoms with Gasteiger partial charge in [-0.2, -0.15) is 0 Å². The van der Waals surface area contributed by atoms with Crippen LogP contribution in [0, 0.1) is 5.82 Å². The van der Waals surface area contributed by atoms with Gasteiger partial charge in [0.15, 0.2) is 0 Å². The van der Waals surface area contributed by atoms with Crippen LogP contribution in [-0.4, -0.2) is 15.5 Å². The van der Waals surface area contributed by atoms with Crippen molar-refractivity contribution in [3.8, 4) is 5.69 Å². The molecule has 28 heavy (non-hydrogen) atoms. The zero-order valence-corrected chi connectivity index (χ0v) is 15.2. The van der Waals surface area contributed by atoms with Gasteiger partial charge in [0.05, 0.1) is 21.6 Å². The minimum absolute atomic E-state index is 0.0728. The van der Waals surface area contributed by atoms with E-state index in [1.54, 1.807) is 42.5 Å². The molecule has 1 aromatic heterocycles. The first-order valence-electron chi connectivity index (χ1n) is 8.36. The summed E-state index contributed by atoms with van der Waals surface area (Å²) in [4.78, 5) is 29.3. The Morgan fingerprint density at radius 3 is 2.54 bits per heavy atom. The van der Waals surface area contributed by atoms with Crippen molar-refractivity contribution in [2.45, 2.75) is 0 Å². The van der Waals surface area contributed by atoms with E-state index >= 15 is 0 Å². The Balaban J connectivity index is 1.60. The molecule has 3 aromatic carbocycles. The maximum absolute atomic E-state index is 13.2. The maximum atomic E-state index is 13.2. The Hall–Kier alpha value is -3.51. The van der Waals surface area contributed by atoms with E-state index in [-0.39, 0.29) is 16.5 Å². The fraction of sp³-hybridized carbons (Fsp3) is 0. The van der Waals surface area contributed by atoms with E-state index < -0.39 is 5.82 Å². The highest BCUT2D eigenvalue weighted by Gasteiger charge is 2.10. The molecule has 0 aliphatic rings. The summed E-state index contributed by atoms with van der Waals surface area (Å²) in [6.45, 7) is 0. The van der Waals surface area contributed by atoms with E-state index in [1.807, 2.05) is 6.07 Å². The number of aromatic nitrogens is 2. The highest BCUT2D eigenvalue weighted by molar-refractivity contribution is 6.31. The van der Waals surface area contributed by atoms with Gasteiger partial charge in [0.1, 0.15) is 12.1 Å². The molecule has 0 radical (unpaired) electrons. The van der Waals surface area contributed by atoms with Gasteiger partial charge in [-0.05, 0) is 54.6 Å². The Morgan fingerprint density at radius 1 is 1.04 bits per heavy atom. The van der Waals surface area contributed by atoms with Crippen molar-refractivity contribution in [1.82, 2.24) is 9.55 Å². The number of amides is 1. The summed E-state index contributed by atoms with van der Waals surface area (Å²) in [5, 5.41) is 3.09. The van der Waals surface area contributed by atoms with Gasteiger partial charge in [-0.1, -0.05) is 23.7 Å². The molecular formula is C21H13ClFN3O2. The normalized spacial score (nSPS) is 10.8. The first kappa shape index (κ1) is 17.9. The second-order valence-corrected chi connectivity index (χ2v) is 6.47. The molecule has 1 amide bonds. The molecule has 0 saturated heterocycles. The number of nitrogens with one attached hydrogen (secondary N) is 1. The second kappa shape index (κ2) is 7.25. The van der Waals surface area contributed by atoms with Crippen molar-refractivity contribution in [3.63, 3.8) is 0 Å². The summed E-state index contributed by atoms with van der Waals surface area (Å²) in [5.74, 6) is -0.934. The predicted octanol–water partition coefficient (Wildman–Crippen LogP) is 4.43. The quantitative estimate of drug-likeness (QED) is 0.560. The van der Waals surface area contributed by atoms with E-state index in [0.29, 0.717) is 27.8 Å². The fourth-order valence-corrected chi connectivity index (χ4v) is 2.98.